The predicted molar refractivity (Wildman–Crippen MR) is 122 cm³/mol. The van der Waals surface area contributed by atoms with Gasteiger partial charge in [0.2, 0.25) is 5.91 Å². The average molecular weight is 468 g/mol. The van der Waals surface area contributed by atoms with Crippen LogP contribution in [0, 0.1) is 0 Å². The van der Waals surface area contributed by atoms with Crippen LogP contribution in [-0.2, 0) is 31.4 Å². The van der Waals surface area contributed by atoms with E-state index < -0.39 is 17.6 Å². The Bertz CT molecular complexity index is 360. The first-order valence-electron chi connectivity index (χ1n) is 11.6. The molecule has 0 aromatic rings. The molecule has 0 saturated heterocycles. The number of carbonyl (C=O) groups is 1. The number of hydrogen-bond acceptors (Lipinski definition) is 7. The van der Waals surface area contributed by atoms with Gasteiger partial charge in [0.05, 0.1) is 0 Å². The van der Waals surface area contributed by atoms with Gasteiger partial charge < -0.3 is 31.9 Å². The molecule has 180 valence electrons. The van der Waals surface area contributed by atoms with Crippen LogP contribution in [0.15, 0.2) is 0 Å². The molecular formula is C20H45NO7Si2. The minimum atomic E-state index is -2.63. The van der Waals surface area contributed by atoms with Gasteiger partial charge in [-0.1, -0.05) is 0 Å². The van der Waals surface area contributed by atoms with Crippen LogP contribution in [0.4, 0.5) is 0 Å². The molecule has 0 radical (unpaired) electrons. The van der Waals surface area contributed by atoms with E-state index >= 15 is 0 Å². The van der Waals surface area contributed by atoms with Crippen LogP contribution < -0.4 is 5.32 Å². The van der Waals surface area contributed by atoms with E-state index in [1.807, 2.05) is 41.5 Å². The van der Waals surface area contributed by atoms with Crippen molar-refractivity contribution in [2.45, 2.75) is 79.3 Å². The summed E-state index contributed by atoms with van der Waals surface area (Å²) in [7, 11) is -5.24. The summed E-state index contributed by atoms with van der Waals surface area (Å²) in [6, 6.07) is 1.44. The molecule has 0 saturated carbocycles. The Morgan fingerprint density at radius 3 is 1.33 bits per heavy atom. The van der Waals surface area contributed by atoms with Crippen molar-refractivity contribution in [1.29, 1.82) is 0 Å². The fourth-order valence-corrected chi connectivity index (χ4v) is 8.55. The van der Waals surface area contributed by atoms with Gasteiger partial charge in [0.25, 0.3) is 0 Å². The topological polar surface area (TPSA) is 84.5 Å². The van der Waals surface area contributed by atoms with Crippen LogP contribution in [0.25, 0.3) is 0 Å². The van der Waals surface area contributed by atoms with Crippen molar-refractivity contribution < 1.29 is 31.4 Å². The summed E-state index contributed by atoms with van der Waals surface area (Å²) >= 11 is 0. The molecule has 0 aliphatic rings. The number of unbranched alkanes of at least 4 members (excludes halogenated alkanes) is 1. The van der Waals surface area contributed by atoms with Gasteiger partial charge in [-0.3, -0.25) is 4.79 Å². The van der Waals surface area contributed by atoms with E-state index in [9.17, 15) is 4.79 Å². The van der Waals surface area contributed by atoms with Gasteiger partial charge in [0, 0.05) is 64.7 Å². The second-order valence-corrected chi connectivity index (χ2v) is 12.1. The lowest BCUT2D eigenvalue weighted by Crippen LogP contribution is -2.46. The molecule has 0 heterocycles. The van der Waals surface area contributed by atoms with Crippen molar-refractivity contribution in [3.63, 3.8) is 0 Å². The number of carbonyl (C=O) groups excluding carboxylic acids is 1. The minimum Gasteiger partial charge on any atom is -0.374 e. The predicted octanol–water partition coefficient (Wildman–Crippen LogP) is 3.76. The van der Waals surface area contributed by atoms with Crippen LogP contribution in [0.2, 0.25) is 12.1 Å². The minimum absolute atomic E-state index is 0.0583. The maximum absolute atomic E-state index is 12.2. The van der Waals surface area contributed by atoms with Crippen LogP contribution in [0.1, 0.15) is 67.2 Å². The summed E-state index contributed by atoms with van der Waals surface area (Å²) < 4.78 is 35.1. The molecule has 0 spiro atoms. The molecule has 8 nitrogen and oxygen atoms in total. The lowest BCUT2D eigenvalue weighted by molar-refractivity contribution is -0.121. The summed E-state index contributed by atoms with van der Waals surface area (Å²) in [5, 5.41) is 2.99. The second-order valence-electron chi connectivity index (χ2n) is 6.62. The van der Waals surface area contributed by atoms with E-state index in [2.05, 4.69) is 5.32 Å². The lowest BCUT2D eigenvalue weighted by Gasteiger charge is -2.28. The maximum Gasteiger partial charge on any atom is 0.500 e. The second kappa shape index (κ2) is 18.3. The number of hydrogen-bond donors (Lipinski definition) is 1. The third kappa shape index (κ3) is 12.5. The van der Waals surface area contributed by atoms with Crippen molar-refractivity contribution in [2.24, 2.45) is 0 Å². The fourth-order valence-electron chi connectivity index (χ4n) is 3.25. The van der Waals surface area contributed by atoms with Gasteiger partial charge >= 0.3 is 17.6 Å². The highest BCUT2D eigenvalue weighted by atomic mass is 28.4. The number of rotatable bonds is 21. The van der Waals surface area contributed by atoms with E-state index in [4.69, 9.17) is 26.6 Å². The molecule has 0 fully saturated rings. The van der Waals surface area contributed by atoms with Crippen LogP contribution in [-0.4, -0.2) is 69.7 Å². The van der Waals surface area contributed by atoms with Crippen LogP contribution >= 0.6 is 0 Å². The third-order valence-corrected chi connectivity index (χ3v) is 10.6. The van der Waals surface area contributed by atoms with E-state index in [-0.39, 0.29) is 5.91 Å². The highest BCUT2D eigenvalue weighted by molar-refractivity contribution is 6.61. The highest BCUT2D eigenvalue weighted by Crippen LogP contribution is 2.20. The average Bonchev–Trinajstić information content (AvgIpc) is 2.70. The summed E-state index contributed by atoms with van der Waals surface area (Å²) in [6.07, 6.45) is 2.88. The van der Waals surface area contributed by atoms with Gasteiger partial charge in [-0.15, -0.1) is 0 Å². The number of nitrogens with one attached hydrogen (secondary N) is 1. The summed E-state index contributed by atoms with van der Waals surface area (Å²) in [6.45, 7) is 15.7. The maximum atomic E-state index is 12.2. The van der Waals surface area contributed by atoms with Crippen LogP contribution in [0.5, 0.6) is 0 Å². The molecule has 0 atom stereocenters. The molecule has 1 N–H and O–H groups in total. The molecule has 30 heavy (non-hydrogen) atoms. The van der Waals surface area contributed by atoms with Gasteiger partial charge in [0.1, 0.15) is 0 Å². The zero-order valence-corrected chi connectivity index (χ0v) is 22.1. The molecule has 0 rings (SSSR count). The zero-order valence-electron chi connectivity index (χ0n) is 20.1. The summed E-state index contributed by atoms with van der Waals surface area (Å²) in [5.74, 6) is 0.0583. The Hall–Kier alpha value is -0.336. The molecule has 0 aromatic heterocycles. The lowest BCUT2D eigenvalue weighted by atomic mass is 10.2. The first-order valence-corrected chi connectivity index (χ1v) is 15.4. The van der Waals surface area contributed by atoms with E-state index in [0.29, 0.717) is 58.7 Å². The molecule has 0 aromatic carbocycles. The molecule has 1 amide bonds. The van der Waals surface area contributed by atoms with Crippen molar-refractivity contribution in [3.05, 3.63) is 0 Å². The van der Waals surface area contributed by atoms with Gasteiger partial charge in [0.15, 0.2) is 0 Å². The van der Waals surface area contributed by atoms with E-state index in [1.54, 1.807) is 0 Å². The fraction of sp³-hybridized carbons (Fsp3) is 0.950. The summed E-state index contributed by atoms with van der Waals surface area (Å²) in [4.78, 5) is 12.2. The Labute approximate surface area is 186 Å². The molecule has 10 heteroatoms. The Balaban J connectivity index is 4.27. The smallest absolute Gasteiger partial charge is 0.374 e. The quantitative estimate of drug-likeness (QED) is 0.203. The van der Waals surface area contributed by atoms with Gasteiger partial charge in [-0.05, 0) is 60.8 Å². The summed E-state index contributed by atoms with van der Waals surface area (Å²) in [5.41, 5.74) is 0. The van der Waals surface area contributed by atoms with Gasteiger partial charge in [-0.2, -0.15) is 0 Å². The van der Waals surface area contributed by atoms with Crippen LogP contribution in [0.3, 0.4) is 0 Å². The Morgan fingerprint density at radius 2 is 0.967 bits per heavy atom. The van der Waals surface area contributed by atoms with Crippen molar-refractivity contribution in [1.82, 2.24) is 5.32 Å². The molecule has 0 unspecified atom stereocenters. The van der Waals surface area contributed by atoms with E-state index in [0.717, 1.165) is 25.3 Å². The van der Waals surface area contributed by atoms with E-state index in [1.165, 1.54) is 0 Å². The molecule has 0 aliphatic carbocycles. The third-order valence-electron chi connectivity index (χ3n) is 4.30. The first-order chi connectivity index (χ1) is 14.5. The standard InChI is InChI=1S/C20H45NO7Si2/c1-7-23-29(24-8-2,25-9-3)18-14-13-16-20(22)21-17-15-19-30(26-10-4,27-11-5)28-12-6/h7-19H2,1-6H3,(H,21,22). The number of amides is 1. The van der Waals surface area contributed by atoms with Gasteiger partial charge in [-0.25, -0.2) is 0 Å². The van der Waals surface area contributed by atoms with Crippen molar-refractivity contribution in [2.75, 3.05) is 46.2 Å². The Kier molecular flexibility index (Phi) is 18.1. The monoisotopic (exact) mass is 467 g/mol. The van der Waals surface area contributed by atoms with Crippen molar-refractivity contribution >= 4 is 23.5 Å². The Morgan fingerprint density at radius 1 is 0.600 bits per heavy atom. The largest absolute Gasteiger partial charge is 0.500 e. The first kappa shape index (κ1) is 29.7. The zero-order chi connectivity index (χ0) is 22.7. The normalized spacial score (nSPS) is 12.3. The molecule has 0 aliphatic heterocycles. The molecule has 0 bridgehead atoms. The van der Waals surface area contributed by atoms with Crippen molar-refractivity contribution in [3.8, 4) is 0 Å². The SMILES string of the molecule is CCO[Si](CCCCC(=O)NCCC[Si](OCC)(OCC)OCC)(OCC)OCC. The molecular weight excluding hydrogens is 422 g/mol. The highest BCUT2D eigenvalue weighted by Gasteiger charge is 2.40.